The lowest BCUT2D eigenvalue weighted by atomic mass is 9.99. The zero-order valence-electron chi connectivity index (χ0n) is 11.4. The first kappa shape index (κ1) is 13.8. The van der Waals surface area contributed by atoms with Crippen LogP contribution in [-0.4, -0.2) is 21.8 Å². The Hall–Kier alpha value is -3.21. The number of carboxylic acids is 1. The zero-order valence-corrected chi connectivity index (χ0v) is 11.4. The molecule has 0 saturated carbocycles. The lowest BCUT2D eigenvalue weighted by molar-refractivity contribution is 0.0695. The van der Waals surface area contributed by atoms with Crippen LogP contribution in [0.2, 0.25) is 0 Å². The fourth-order valence-electron chi connectivity index (χ4n) is 2.35. The zero-order chi connectivity index (χ0) is 15.7. The van der Waals surface area contributed by atoms with E-state index in [9.17, 15) is 14.4 Å². The molecule has 0 saturated heterocycles. The Morgan fingerprint density at radius 3 is 2.32 bits per heavy atom. The summed E-state index contributed by atoms with van der Waals surface area (Å²) in [7, 11) is 0. The van der Waals surface area contributed by atoms with E-state index in [1.165, 1.54) is 6.07 Å². The normalized spacial score (nSPS) is 10.5. The highest BCUT2D eigenvalue weighted by Crippen LogP contribution is 2.18. The Morgan fingerprint density at radius 2 is 1.64 bits per heavy atom. The third-order valence-corrected chi connectivity index (χ3v) is 3.43. The van der Waals surface area contributed by atoms with Gasteiger partial charge in [-0.25, -0.2) is 4.79 Å². The maximum absolute atomic E-state index is 12.6. The molecule has 0 aliphatic carbocycles. The highest BCUT2D eigenvalue weighted by molar-refractivity contribution is 6.15. The highest BCUT2D eigenvalue weighted by atomic mass is 16.4. The van der Waals surface area contributed by atoms with Crippen LogP contribution in [0, 0.1) is 0 Å². The second-order valence-electron chi connectivity index (χ2n) is 4.76. The van der Waals surface area contributed by atoms with Crippen LogP contribution in [0.25, 0.3) is 10.9 Å². The first-order valence-electron chi connectivity index (χ1n) is 6.57. The lowest BCUT2D eigenvalue weighted by Crippen LogP contribution is -2.16. The molecule has 0 unspecified atom stereocenters. The van der Waals surface area contributed by atoms with Crippen molar-refractivity contribution in [2.75, 3.05) is 0 Å². The number of carbonyl (C=O) groups excluding carboxylic acids is 1. The highest BCUT2D eigenvalue weighted by Gasteiger charge is 2.17. The number of para-hydroxylation sites is 1. The van der Waals surface area contributed by atoms with Crippen molar-refractivity contribution in [1.29, 1.82) is 0 Å². The van der Waals surface area contributed by atoms with Crippen LogP contribution in [0.3, 0.4) is 0 Å². The van der Waals surface area contributed by atoms with E-state index < -0.39 is 11.4 Å². The predicted octanol–water partition coefficient (Wildman–Crippen LogP) is 2.46. The number of ketones is 1. The molecule has 0 fully saturated rings. The molecule has 0 radical (unpaired) electrons. The fraction of sp³-hybridized carbons (Fsp3) is 0. The smallest absolute Gasteiger partial charge is 0.341 e. The van der Waals surface area contributed by atoms with Crippen LogP contribution in [0.15, 0.2) is 59.5 Å². The Labute approximate surface area is 124 Å². The first-order valence-corrected chi connectivity index (χ1v) is 6.57. The van der Waals surface area contributed by atoms with Gasteiger partial charge in [0.25, 0.3) is 0 Å². The third kappa shape index (κ3) is 2.18. The van der Waals surface area contributed by atoms with Gasteiger partial charge in [0.15, 0.2) is 5.78 Å². The molecular formula is C17H11NO4. The van der Waals surface area contributed by atoms with E-state index in [2.05, 4.69) is 4.98 Å². The van der Waals surface area contributed by atoms with Crippen LogP contribution < -0.4 is 5.43 Å². The summed E-state index contributed by atoms with van der Waals surface area (Å²) < 4.78 is 0. The standard InChI is InChI=1S/C17H11NO4/c19-15(10-5-2-1-3-6-10)11-7-4-8-12-14(11)18-9-13(16(12)20)17(21)22/h1-9H,(H,18,20)(H,21,22). The number of aromatic carboxylic acids is 1. The minimum atomic E-state index is -1.30. The van der Waals surface area contributed by atoms with E-state index in [1.807, 2.05) is 0 Å². The minimum Gasteiger partial charge on any atom is -0.477 e. The van der Waals surface area contributed by atoms with E-state index in [-0.39, 0.29) is 16.7 Å². The number of hydrogen-bond acceptors (Lipinski definition) is 3. The SMILES string of the molecule is O=C(O)c1c[nH]c2c(C(=O)c3ccccc3)cccc2c1=O. The number of aromatic nitrogens is 1. The molecule has 0 aliphatic rings. The topological polar surface area (TPSA) is 87.2 Å². The molecule has 0 atom stereocenters. The van der Waals surface area contributed by atoms with Gasteiger partial charge in [0, 0.05) is 22.7 Å². The summed E-state index contributed by atoms with van der Waals surface area (Å²) >= 11 is 0. The molecule has 5 nitrogen and oxygen atoms in total. The Kier molecular flexibility index (Phi) is 3.31. The van der Waals surface area contributed by atoms with E-state index in [1.54, 1.807) is 42.5 Å². The van der Waals surface area contributed by atoms with Crippen molar-refractivity contribution >= 4 is 22.7 Å². The summed E-state index contributed by atoms with van der Waals surface area (Å²) in [6.45, 7) is 0. The number of carboxylic acid groups (broad SMARTS) is 1. The van der Waals surface area contributed by atoms with Crippen LogP contribution in [0.4, 0.5) is 0 Å². The summed E-state index contributed by atoms with van der Waals surface area (Å²) in [5.74, 6) is -1.53. The number of hydrogen-bond donors (Lipinski definition) is 2. The van der Waals surface area contributed by atoms with Crippen molar-refractivity contribution in [1.82, 2.24) is 4.98 Å². The molecule has 0 aliphatic heterocycles. The van der Waals surface area contributed by atoms with E-state index in [4.69, 9.17) is 5.11 Å². The van der Waals surface area contributed by atoms with Crippen molar-refractivity contribution in [2.45, 2.75) is 0 Å². The molecule has 0 amide bonds. The van der Waals surface area contributed by atoms with Crippen molar-refractivity contribution in [3.05, 3.63) is 81.6 Å². The van der Waals surface area contributed by atoms with Gasteiger partial charge in [-0.1, -0.05) is 36.4 Å². The number of nitrogens with one attached hydrogen (secondary N) is 1. The number of fused-ring (bicyclic) bond motifs is 1. The van der Waals surface area contributed by atoms with Gasteiger partial charge in [0.1, 0.15) is 5.56 Å². The van der Waals surface area contributed by atoms with Crippen LogP contribution in [0.5, 0.6) is 0 Å². The minimum absolute atomic E-state index is 0.182. The molecule has 2 aromatic carbocycles. The monoisotopic (exact) mass is 293 g/mol. The summed E-state index contributed by atoms with van der Waals surface area (Å²) in [6.07, 6.45) is 1.12. The molecule has 22 heavy (non-hydrogen) atoms. The lowest BCUT2D eigenvalue weighted by Gasteiger charge is -2.06. The van der Waals surface area contributed by atoms with Gasteiger partial charge in [-0.15, -0.1) is 0 Å². The van der Waals surface area contributed by atoms with Gasteiger partial charge in [-0.05, 0) is 12.1 Å². The number of benzene rings is 2. The summed E-state index contributed by atoms with van der Waals surface area (Å²) in [5.41, 5.74) is 0.211. The second-order valence-corrected chi connectivity index (χ2v) is 4.76. The molecule has 1 heterocycles. The Bertz CT molecular complexity index is 942. The number of carbonyl (C=O) groups is 2. The van der Waals surface area contributed by atoms with E-state index in [0.29, 0.717) is 16.6 Å². The predicted molar refractivity (Wildman–Crippen MR) is 81.4 cm³/mol. The maximum atomic E-state index is 12.6. The molecule has 0 spiro atoms. The fourth-order valence-corrected chi connectivity index (χ4v) is 2.35. The molecule has 1 aromatic heterocycles. The van der Waals surface area contributed by atoms with Gasteiger partial charge in [0.05, 0.1) is 5.52 Å². The van der Waals surface area contributed by atoms with E-state index in [0.717, 1.165) is 6.20 Å². The number of aromatic amines is 1. The average molecular weight is 293 g/mol. The quantitative estimate of drug-likeness (QED) is 0.726. The van der Waals surface area contributed by atoms with Gasteiger partial charge >= 0.3 is 5.97 Å². The summed E-state index contributed by atoms with van der Waals surface area (Å²) in [5, 5.41) is 9.18. The van der Waals surface area contributed by atoms with Crippen molar-refractivity contribution in [3.63, 3.8) is 0 Å². The van der Waals surface area contributed by atoms with Crippen molar-refractivity contribution < 1.29 is 14.7 Å². The average Bonchev–Trinajstić information content (AvgIpc) is 2.54. The molecule has 108 valence electrons. The van der Waals surface area contributed by atoms with Crippen LogP contribution >= 0.6 is 0 Å². The third-order valence-electron chi connectivity index (χ3n) is 3.43. The number of H-pyrrole nitrogens is 1. The van der Waals surface area contributed by atoms with Crippen molar-refractivity contribution in [3.8, 4) is 0 Å². The molecular weight excluding hydrogens is 282 g/mol. The van der Waals surface area contributed by atoms with Gasteiger partial charge in [-0.2, -0.15) is 0 Å². The Morgan fingerprint density at radius 1 is 0.909 bits per heavy atom. The van der Waals surface area contributed by atoms with Gasteiger partial charge in [0.2, 0.25) is 5.43 Å². The molecule has 5 heteroatoms. The van der Waals surface area contributed by atoms with Crippen LogP contribution in [0.1, 0.15) is 26.3 Å². The summed E-state index contributed by atoms with van der Waals surface area (Å²) in [6, 6.07) is 13.4. The van der Waals surface area contributed by atoms with E-state index >= 15 is 0 Å². The molecule has 3 aromatic rings. The largest absolute Gasteiger partial charge is 0.477 e. The summed E-state index contributed by atoms with van der Waals surface area (Å²) in [4.78, 5) is 38.5. The molecule has 0 bridgehead atoms. The number of rotatable bonds is 3. The molecule has 3 rings (SSSR count). The molecule has 2 N–H and O–H groups in total. The Balaban J connectivity index is 2.25. The first-order chi connectivity index (χ1) is 10.6. The van der Waals surface area contributed by atoms with Gasteiger partial charge in [-0.3, -0.25) is 9.59 Å². The second kappa shape index (κ2) is 5.29. The number of pyridine rings is 1. The van der Waals surface area contributed by atoms with Crippen LogP contribution in [-0.2, 0) is 0 Å². The van der Waals surface area contributed by atoms with Crippen molar-refractivity contribution in [2.24, 2.45) is 0 Å². The van der Waals surface area contributed by atoms with Gasteiger partial charge < -0.3 is 10.1 Å². The maximum Gasteiger partial charge on any atom is 0.341 e.